The van der Waals surface area contributed by atoms with E-state index in [9.17, 15) is 8.42 Å². The van der Waals surface area contributed by atoms with Crippen molar-refractivity contribution in [2.24, 2.45) is 0 Å². The van der Waals surface area contributed by atoms with Gasteiger partial charge in [0.05, 0.1) is 6.04 Å². The average molecular weight is 255 g/mol. The molecular weight excluding hydrogens is 244 g/mol. The lowest BCUT2D eigenvalue weighted by Gasteiger charge is -2.09. The lowest BCUT2D eigenvalue weighted by molar-refractivity contribution is 0.571. The van der Waals surface area contributed by atoms with E-state index in [2.05, 4.69) is 9.71 Å². The van der Waals surface area contributed by atoms with Crippen molar-refractivity contribution in [3.63, 3.8) is 0 Å². The smallest absolute Gasteiger partial charge is 0.226 e. The van der Waals surface area contributed by atoms with Crippen LogP contribution in [0.1, 0.15) is 22.9 Å². The number of thiazole rings is 1. The van der Waals surface area contributed by atoms with E-state index in [1.165, 1.54) is 11.3 Å². The molecule has 0 aliphatic carbocycles. The minimum atomic E-state index is -3.38. The SMILES string of the molecule is Cc1cnc(C(C)NS(=O)(=O)CCl)s1. The van der Waals surface area contributed by atoms with Crippen molar-refractivity contribution in [2.45, 2.75) is 19.9 Å². The summed E-state index contributed by atoms with van der Waals surface area (Å²) in [5.74, 6) is 0. The highest BCUT2D eigenvalue weighted by molar-refractivity contribution is 7.90. The highest BCUT2D eigenvalue weighted by Gasteiger charge is 2.16. The molecule has 0 radical (unpaired) electrons. The van der Waals surface area contributed by atoms with E-state index in [1.54, 1.807) is 13.1 Å². The lowest BCUT2D eigenvalue weighted by atomic mass is 10.4. The Balaban J connectivity index is 2.73. The van der Waals surface area contributed by atoms with Gasteiger partial charge in [0, 0.05) is 11.1 Å². The van der Waals surface area contributed by atoms with Crippen LogP contribution >= 0.6 is 22.9 Å². The number of aryl methyl sites for hydroxylation is 1. The highest BCUT2D eigenvalue weighted by atomic mass is 35.5. The quantitative estimate of drug-likeness (QED) is 0.831. The Morgan fingerprint density at radius 2 is 2.36 bits per heavy atom. The molecule has 1 aromatic rings. The third-order valence-electron chi connectivity index (χ3n) is 1.51. The van der Waals surface area contributed by atoms with E-state index >= 15 is 0 Å². The first-order valence-corrected chi connectivity index (χ1v) is 6.93. The zero-order valence-electron chi connectivity index (χ0n) is 7.82. The van der Waals surface area contributed by atoms with Crippen LogP contribution in [-0.4, -0.2) is 18.6 Å². The van der Waals surface area contributed by atoms with Crippen LogP contribution in [0.25, 0.3) is 0 Å². The number of halogens is 1. The summed E-state index contributed by atoms with van der Waals surface area (Å²) < 4.78 is 24.7. The molecule has 0 aliphatic heterocycles. The fourth-order valence-corrected chi connectivity index (χ4v) is 2.68. The first-order chi connectivity index (χ1) is 6.44. The van der Waals surface area contributed by atoms with E-state index in [4.69, 9.17) is 11.6 Å². The standard InChI is InChI=1S/C7H11ClN2O2S2/c1-5-3-9-7(13-5)6(2)10-14(11,12)4-8/h3,6,10H,4H2,1-2H3. The molecule has 7 heteroatoms. The number of hydrogen-bond donors (Lipinski definition) is 1. The topological polar surface area (TPSA) is 59.1 Å². The van der Waals surface area contributed by atoms with Crippen molar-refractivity contribution >= 4 is 33.0 Å². The molecule has 80 valence electrons. The zero-order valence-corrected chi connectivity index (χ0v) is 10.2. The molecule has 0 spiro atoms. The van der Waals surface area contributed by atoms with Crippen LogP contribution < -0.4 is 4.72 Å². The molecule has 4 nitrogen and oxygen atoms in total. The van der Waals surface area contributed by atoms with Crippen LogP contribution in [0.2, 0.25) is 0 Å². The summed E-state index contributed by atoms with van der Waals surface area (Å²) in [6, 6.07) is -0.322. The fraction of sp³-hybridized carbons (Fsp3) is 0.571. The van der Waals surface area contributed by atoms with Gasteiger partial charge in [-0.1, -0.05) is 0 Å². The summed E-state index contributed by atoms with van der Waals surface area (Å²) in [6.07, 6.45) is 1.71. The van der Waals surface area contributed by atoms with Crippen molar-refractivity contribution in [1.82, 2.24) is 9.71 Å². The molecule has 0 aromatic carbocycles. The van der Waals surface area contributed by atoms with Crippen molar-refractivity contribution in [3.05, 3.63) is 16.1 Å². The Morgan fingerprint density at radius 3 is 2.79 bits per heavy atom. The molecule has 0 fully saturated rings. The summed E-state index contributed by atoms with van der Waals surface area (Å²) in [5.41, 5.74) is 0. The van der Waals surface area contributed by atoms with Crippen LogP contribution in [0.5, 0.6) is 0 Å². The number of hydrogen-bond acceptors (Lipinski definition) is 4. The van der Waals surface area contributed by atoms with Gasteiger partial charge < -0.3 is 0 Å². The molecule has 1 N–H and O–H groups in total. The maximum absolute atomic E-state index is 11.1. The number of nitrogens with one attached hydrogen (secondary N) is 1. The monoisotopic (exact) mass is 254 g/mol. The average Bonchev–Trinajstić information content (AvgIpc) is 2.51. The number of rotatable bonds is 4. The van der Waals surface area contributed by atoms with Crippen molar-refractivity contribution < 1.29 is 8.42 Å². The zero-order chi connectivity index (χ0) is 10.8. The van der Waals surface area contributed by atoms with Crippen LogP contribution in [0, 0.1) is 6.92 Å². The predicted molar refractivity (Wildman–Crippen MR) is 58.0 cm³/mol. The van der Waals surface area contributed by atoms with Gasteiger partial charge >= 0.3 is 0 Å². The second kappa shape index (κ2) is 4.57. The van der Waals surface area contributed by atoms with Gasteiger partial charge in [-0.05, 0) is 13.8 Å². The molecule has 0 aliphatic rings. The minimum Gasteiger partial charge on any atom is -0.248 e. The molecule has 1 aromatic heterocycles. The molecule has 0 bridgehead atoms. The van der Waals surface area contributed by atoms with Crippen LogP contribution in [-0.2, 0) is 10.0 Å². The molecule has 14 heavy (non-hydrogen) atoms. The van der Waals surface area contributed by atoms with Crippen molar-refractivity contribution in [2.75, 3.05) is 5.21 Å². The summed E-state index contributed by atoms with van der Waals surface area (Å²) in [6.45, 7) is 3.66. The Hall–Kier alpha value is -0.170. The van der Waals surface area contributed by atoms with Crippen molar-refractivity contribution in [1.29, 1.82) is 0 Å². The van der Waals surface area contributed by atoms with Gasteiger partial charge in [0.2, 0.25) is 10.0 Å². The first-order valence-electron chi connectivity index (χ1n) is 3.93. The second-order valence-electron chi connectivity index (χ2n) is 2.87. The second-order valence-corrected chi connectivity index (χ2v) is 6.48. The molecule has 0 saturated carbocycles. The minimum absolute atomic E-state index is 0.322. The molecule has 1 heterocycles. The maximum Gasteiger partial charge on any atom is 0.226 e. The number of sulfonamides is 1. The third kappa shape index (κ3) is 3.20. The first kappa shape index (κ1) is 11.9. The summed E-state index contributed by atoms with van der Waals surface area (Å²) in [4.78, 5) is 5.14. The van der Waals surface area contributed by atoms with E-state index in [0.29, 0.717) is 0 Å². The third-order valence-corrected chi connectivity index (χ3v) is 4.47. The van der Waals surface area contributed by atoms with Crippen LogP contribution in [0.3, 0.4) is 0 Å². The van der Waals surface area contributed by atoms with Crippen LogP contribution in [0.4, 0.5) is 0 Å². The summed E-state index contributed by atoms with van der Waals surface area (Å²) in [7, 11) is -3.38. The number of aromatic nitrogens is 1. The van der Waals surface area contributed by atoms with Gasteiger partial charge in [0.25, 0.3) is 0 Å². The van der Waals surface area contributed by atoms with Gasteiger partial charge in [0.15, 0.2) is 0 Å². The van der Waals surface area contributed by atoms with Gasteiger partial charge in [0.1, 0.15) is 10.2 Å². The Morgan fingerprint density at radius 1 is 1.71 bits per heavy atom. The normalized spacial score (nSPS) is 14.2. The Kier molecular flexibility index (Phi) is 3.88. The highest BCUT2D eigenvalue weighted by Crippen LogP contribution is 2.19. The molecule has 0 saturated heterocycles. The Labute approximate surface area is 92.4 Å². The van der Waals surface area contributed by atoms with Gasteiger partial charge in [-0.3, -0.25) is 0 Å². The van der Waals surface area contributed by atoms with E-state index in [1.807, 2.05) is 6.92 Å². The summed E-state index contributed by atoms with van der Waals surface area (Å²) >= 11 is 6.73. The van der Waals surface area contributed by atoms with E-state index < -0.39 is 15.2 Å². The van der Waals surface area contributed by atoms with E-state index in [-0.39, 0.29) is 6.04 Å². The summed E-state index contributed by atoms with van der Waals surface area (Å²) in [5, 5.41) is 0.318. The Bertz CT molecular complexity index is 402. The molecule has 1 atom stereocenters. The fourth-order valence-electron chi connectivity index (χ4n) is 0.924. The largest absolute Gasteiger partial charge is 0.248 e. The number of nitrogens with zero attached hydrogens (tertiary/aromatic N) is 1. The lowest BCUT2D eigenvalue weighted by Crippen LogP contribution is -2.27. The number of alkyl halides is 1. The predicted octanol–water partition coefficient (Wildman–Crippen LogP) is 1.63. The van der Waals surface area contributed by atoms with E-state index in [0.717, 1.165) is 9.88 Å². The van der Waals surface area contributed by atoms with Crippen LogP contribution in [0.15, 0.2) is 6.20 Å². The molecule has 0 amide bonds. The van der Waals surface area contributed by atoms with Gasteiger partial charge in [-0.25, -0.2) is 18.1 Å². The molecule has 1 unspecified atom stereocenters. The maximum atomic E-state index is 11.1. The molecule has 1 rings (SSSR count). The van der Waals surface area contributed by atoms with Crippen molar-refractivity contribution in [3.8, 4) is 0 Å². The van der Waals surface area contributed by atoms with Gasteiger partial charge in [-0.2, -0.15) is 0 Å². The van der Waals surface area contributed by atoms with Gasteiger partial charge in [-0.15, -0.1) is 22.9 Å². The molecular formula is C7H11ClN2O2S2.